The van der Waals surface area contributed by atoms with Gasteiger partial charge in [-0.15, -0.1) is 11.3 Å². The first-order valence-electron chi connectivity index (χ1n) is 4.88. The van der Waals surface area contributed by atoms with Crippen molar-refractivity contribution in [2.24, 2.45) is 5.92 Å². The van der Waals surface area contributed by atoms with E-state index in [9.17, 15) is 18.0 Å². The summed E-state index contributed by atoms with van der Waals surface area (Å²) in [6.07, 6.45) is -4.73. The van der Waals surface area contributed by atoms with Crippen LogP contribution in [0.4, 0.5) is 13.2 Å². The zero-order valence-corrected chi connectivity index (χ0v) is 9.81. The van der Waals surface area contributed by atoms with Gasteiger partial charge in [-0.1, -0.05) is 6.07 Å². The van der Waals surface area contributed by atoms with Gasteiger partial charge in [-0.2, -0.15) is 13.2 Å². The zero-order valence-electron chi connectivity index (χ0n) is 8.99. The number of hydrogen-bond donors (Lipinski definition) is 2. The summed E-state index contributed by atoms with van der Waals surface area (Å²) in [6.45, 7) is 1.07. The van der Waals surface area contributed by atoms with E-state index in [-0.39, 0.29) is 6.04 Å². The molecule has 1 aromatic heterocycles. The third-order valence-corrected chi connectivity index (χ3v) is 3.35. The predicted octanol–water partition coefficient (Wildman–Crippen LogP) is 2.66. The molecule has 3 nitrogen and oxygen atoms in total. The number of nitrogens with one attached hydrogen (secondary N) is 1. The first-order valence-corrected chi connectivity index (χ1v) is 5.76. The minimum absolute atomic E-state index is 0.292. The third-order valence-electron chi connectivity index (χ3n) is 2.29. The first kappa shape index (κ1) is 14.0. The van der Waals surface area contributed by atoms with E-state index < -0.39 is 24.6 Å². The number of carboxylic acid groups (broad SMARTS) is 1. The highest BCUT2D eigenvalue weighted by molar-refractivity contribution is 7.10. The van der Waals surface area contributed by atoms with Crippen LogP contribution in [0, 0.1) is 5.92 Å². The molecule has 0 saturated heterocycles. The Bertz CT molecular complexity index is 364. The molecule has 1 unspecified atom stereocenters. The van der Waals surface area contributed by atoms with Crippen LogP contribution in [0.2, 0.25) is 0 Å². The summed E-state index contributed by atoms with van der Waals surface area (Å²) in [5.41, 5.74) is 0. The third kappa shape index (κ3) is 4.01. The van der Waals surface area contributed by atoms with Crippen LogP contribution in [0.15, 0.2) is 17.5 Å². The largest absolute Gasteiger partial charge is 0.481 e. The van der Waals surface area contributed by atoms with Crippen molar-refractivity contribution in [3.8, 4) is 0 Å². The van der Waals surface area contributed by atoms with Crippen molar-refractivity contribution in [1.29, 1.82) is 0 Å². The average molecular weight is 267 g/mol. The highest BCUT2D eigenvalue weighted by atomic mass is 32.1. The van der Waals surface area contributed by atoms with Crippen molar-refractivity contribution in [2.75, 3.05) is 6.54 Å². The Morgan fingerprint density at radius 2 is 2.24 bits per heavy atom. The van der Waals surface area contributed by atoms with Crippen LogP contribution >= 0.6 is 11.3 Å². The fourth-order valence-electron chi connectivity index (χ4n) is 1.28. The van der Waals surface area contributed by atoms with Crippen LogP contribution in [0.25, 0.3) is 0 Å². The van der Waals surface area contributed by atoms with Crippen LogP contribution in [0.5, 0.6) is 0 Å². The SMILES string of the molecule is C[C@H](NCC(C(=O)O)C(F)(F)F)c1cccs1. The predicted molar refractivity (Wildman–Crippen MR) is 57.9 cm³/mol. The van der Waals surface area contributed by atoms with E-state index in [1.165, 1.54) is 11.3 Å². The van der Waals surface area contributed by atoms with E-state index in [0.29, 0.717) is 0 Å². The molecule has 0 spiro atoms. The molecule has 7 heteroatoms. The number of rotatable bonds is 5. The van der Waals surface area contributed by atoms with Gasteiger partial charge in [0.15, 0.2) is 5.92 Å². The summed E-state index contributed by atoms with van der Waals surface area (Å²) in [6, 6.07) is 3.28. The second-order valence-electron chi connectivity index (χ2n) is 3.58. The fraction of sp³-hybridized carbons (Fsp3) is 0.500. The maximum absolute atomic E-state index is 12.3. The Morgan fingerprint density at radius 3 is 2.65 bits per heavy atom. The van der Waals surface area contributed by atoms with Crippen molar-refractivity contribution < 1.29 is 23.1 Å². The molecule has 96 valence electrons. The Hall–Kier alpha value is -1.08. The highest BCUT2D eigenvalue weighted by Crippen LogP contribution is 2.27. The quantitative estimate of drug-likeness (QED) is 0.862. The van der Waals surface area contributed by atoms with Gasteiger partial charge < -0.3 is 10.4 Å². The van der Waals surface area contributed by atoms with Gasteiger partial charge in [-0.05, 0) is 18.4 Å². The molecule has 0 aliphatic carbocycles. The van der Waals surface area contributed by atoms with Crippen molar-refractivity contribution in [1.82, 2.24) is 5.32 Å². The van der Waals surface area contributed by atoms with Crippen molar-refractivity contribution in [3.05, 3.63) is 22.4 Å². The lowest BCUT2D eigenvalue weighted by molar-refractivity contribution is -0.192. The van der Waals surface area contributed by atoms with E-state index in [4.69, 9.17) is 5.11 Å². The molecule has 0 bridgehead atoms. The molecule has 0 radical (unpaired) electrons. The van der Waals surface area contributed by atoms with Crippen LogP contribution in [0.1, 0.15) is 17.8 Å². The van der Waals surface area contributed by atoms with Gasteiger partial charge in [-0.3, -0.25) is 4.79 Å². The standard InChI is InChI=1S/C10H12F3NO2S/c1-6(8-3-2-4-17-8)14-5-7(9(15)16)10(11,12)13/h2-4,6-7,14H,5H2,1H3,(H,15,16)/t6-,7?/m0/s1. The molecule has 0 fully saturated rings. The summed E-state index contributed by atoms with van der Waals surface area (Å²) in [5.74, 6) is -4.23. The molecule has 2 N–H and O–H groups in total. The topological polar surface area (TPSA) is 49.3 Å². The lowest BCUT2D eigenvalue weighted by atomic mass is 10.1. The van der Waals surface area contributed by atoms with E-state index in [0.717, 1.165) is 4.88 Å². The minimum atomic E-state index is -4.73. The summed E-state index contributed by atoms with van der Waals surface area (Å²) < 4.78 is 37.0. The number of carbonyl (C=O) groups is 1. The zero-order chi connectivity index (χ0) is 13.1. The molecule has 0 saturated carbocycles. The molecule has 17 heavy (non-hydrogen) atoms. The van der Waals surface area contributed by atoms with Gasteiger partial charge in [0, 0.05) is 17.5 Å². The number of aliphatic carboxylic acids is 1. The van der Waals surface area contributed by atoms with Gasteiger partial charge in [0.05, 0.1) is 0 Å². The molecule has 0 amide bonds. The number of halogens is 3. The lowest BCUT2D eigenvalue weighted by Crippen LogP contribution is -2.39. The number of hydrogen-bond acceptors (Lipinski definition) is 3. The van der Waals surface area contributed by atoms with E-state index in [2.05, 4.69) is 5.32 Å². The molecule has 0 aliphatic rings. The van der Waals surface area contributed by atoms with E-state index in [1.54, 1.807) is 19.1 Å². The monoisotopic (exact) mass is 267 g/mol. The van der Waals surface area contributed by atoms with Crippen molar-refractivity contribution in [3.63, 3.8) is 0 Å². The fourth-order valence-corrected chi connectivity index (χ4v) is 2.03. The number of thiophene rings is 1. The molecule has 1 heterocycles. The number of carboxylic acids is 1. The summed E-state index contributed by atoms with van der Waals surface area (Å²) in [4.78, 5) is 11.4. The maximum atomic E-state index is 12.3. The molecule has 2 atom stereocenters. The molecule has 0 aliphatic heterocycles. The molecule has 1 aromatic rings. The van der Waals surface area contributed by atoms with Crippen molar-refractivity contribution >= 4 is 17.3 Å². The van der Waals surface area contributed by atoms with Crippen molar-refractivity contribution in [2.45, 2.75) is 19.1 Å². The first-order chi connectivity index (χ1) is 7.82. The van der Waals surface area contributed by atoms with E-state index >= 15 is 0 Å². The normalized spacial score (nSPS) is 15.5. The van der Waals surface area contributed by atoms with Gasteiger partial charge in [0.25, 0.3) is 0 Å². The van der Waals surface area contributed by atoms with Gasteiger partial charge in [-0.25, -0.2) is 0 Å². The summed E-state index contributed by atoms with van der Waals surface area (Å²) in [5, 5.41) is 12.9. The van der Waals surface area contributed by atoms with Gasteiger partial charge in [0.2, 0.25) is 0 Å². The summed E-state index contributed by atoms with van der Waals surface area (Å²) in [7, 11) is 0. The molecule has 1 rings (SSSR count). The van der Waals surface area contributed by atoms with Crippen LogP contribution in [-0.4, -0.2) is 23.8 Å². The Labute approximate surface area is 100 Å². The Morgan fingerprint density at radius 1 is 1.59 bits per heavy atom. The lowest BCUT2D eigenvalue weighted by Gasteiger charge is -2.19. The second kappa shape index (κ2) is 5.50. The maximum Gasteiger partial charge on any atom is 0.403 e. The van der Waals surface area contributed by atoms with Gasteiger partial charge in [0.1, 0.15) is 0 Å². The van der Waals surface area contributed by atoms with E-state index in [1.807, 2.05) is 5.38 Å². The second-order valence-corrected chi connectivity index (χ2v) is 4.56. The average Bonchev–Trinajstić information content (AvgIpc) is 2.67. The van der Waals surface area contributed by atoms with Crippen LogP contribution in [0.3, 0.4) is 0 Å². The summed E-state index contributed by atoms with van der Waals surface area (Å²) >= 11 is 1.41. The molecular weight excluding hydrogens is 255 g/mol. The molecular formula is C10H12F3NO2S. The van der Waals surface area contributed by atoms with Crippen LogP contribution < -0.4 is 5.32 Å². The van der Waals surface area contributed by atoms with Crippen LogP contribution in [-0.2, 0) is 4.79 Å². The highest BCUT2D eigenvalue weighted by Gasteiger charge is 2.44. The smallest absolute Gasteiger partial charge is 0.403 e. The van der Waals surface area contributed by atoms with Gasteiger partial charge >= 0.3 is 12.1 Å². The Balaban J connectivity index is 2.56. The Kier molecular flexibility index (Phi) is 4.53. The number of alkyl halides is 3. The molecule has 0 aromatic carbocycles. The minimum Gasteiger partial charge on any atom is -0.481 e.